The Hall–Kier alpha value is -2.52. The van der Waals surface area contributed by atoms with Gasteiger partial charge in [-0.25, -0.2) is 8.42 Å². The number of carbonyl (C=O) groups excluding carboxylic acids is 2. The van der Waals surface area contributed by atoms with Gasteiger partial charge in [0.25, 0.3) is 11.8 Å². The predicted molar refractivity (Wildman–Crippen MR) is 149 cm³/mol. The van der Waals surface area contributed by atoms with Gasteiger partial charge in [0.15, 0.2) is 0 Å². The molecule has 8 nitrogen and oxygen atoms in total. The molecule has 0 radical (unpaired) electrons. The van der Waals surface area contributed by atoms with Crippen LogP contribution in [0.2, 0.25) is 0 Å². The summed E-state index contributed by atoms with van der Waals surface area (Å²) in [6, 6.07) is 3.71. The molecule has 4 aliphatic rings. The first-order valence-electron chi connectivity index (χ1n) is 14.1. The quantitative estimate of drug-likeness (QED) is 0.610. The summed E-state index contributed by atoms with van der Waals surface area (Å²) in [6.45, 7) is 8.20. The first kappa shape index (κ1) is 27.1. The zero-order chi connectivity index (χ0) is 27.1. The van der Waals surface area contributed by atoms with Gasteiger partial charge in [0.1, 0.15) is 11.4 Å². The van der Waals surface area contributed by atoms with Crippen molar-refractivity contribution in [2.45, 2.75) is 77.7 Å². The lowest BCUT2D eigenvalue weighted by atomic mass is 9.82. The van der Waals surface area contributed by atoms with Gasteiger partial charge in [0, 0.05) is 43.1 Å². The third-order valence-corrected chi connectivity index (χ3v) is 10.5. The van der Waals surface area contributed by atoms with Crippen LogP contribution in [0.3, 0.4) is 0 Å². The lowest BCUT2D eigenvalue weighted by Crippen LogP contribution is -2.50. The topological polar surface area (TPSA) is 99.2 Å². The summed E-state index contributed by atoms with van der Waals surface area (Å²) in [5.74, 6) is 1.81. The van der Waals surface area contributed by atoms with Crippen molar-refractivity contribution in [2.75, 3.05) is 26.2 Å². The molecule has 5 rings (SSSR count). The lowest BCUT2D eigenvalue weighted by molar-refractivity contribution is -0.125. The number of nitrogens with one attached hydrogen (secondary N) is 1. The Balaban J connectivity index is 1.25. The molecule has 3 aliphatic heterocycles. The molecule has 9 heteroatoms. The fourth-order valence-electron chi connectivity index (χ4n) is 6.42. The first-order valence-corrected chi connectivity index (χ1v) is 15.6. The number of aliphatic imine (C=N–C) groups is 1. The van der Waals surface area contributed by atoms with Gasteiger partial charge in [0.2, 0.25) is 10.0 Å². The zero-order valence-corrected chi connectivity index (χ0v) is 23.6. The Kier molecular flexibility index (Phi) is 7.52. The zero-order valence-electron chi connectivity index (χ0n) is 22.8. The molecule has 3 heterocycles. The van der Waals surface area contributed by atoms with Crippen LogP contribution >= 0.6 is 0 Å². The molecule has 1 spiro atoms. The molecule has 0 bridgehead atoms. The third-order valence-electron chi connectivity index (χ3n) is 8.95. The van der Waals surface area contributed by atoms with E-state index in [9.17, 15) is 18.0 Å². The highest BCUT2D eigenvalue weighted by molar-refractivity contribution is 7.92. The molecule has 0 atom stereocenters. The number of benzene rings is 1. The van der Waals surface area contributed by atoms with E-state index in [4.69, 9.17) is 4.99 Å². The predicted octanol–water partition coefficient (Wildman–Crippen LogP) is 4.03. The van der Waals surface area contributed by atoms with E-state index in [-0.39, 0.29) is 24.9 Å². The molecule has 38 heavy (non-hydrogen) atoms. The van der Waals surface area contributed by atoms with Gasteiger partial charge in [-0.05, 0) is 93.2 Å². The van der Waals surface area contributed by atoms with Crippen molar-refractivity contribution in [3.05, 3.63) is 39.8 Å². The monoisotopic (exact) mass is 540 g/mol. The van der Waals surface area contributed by atoms with E-state index < -0.39 is 15.6 Å². The van der Waals surface area contributed by atoms with Crippen molar-refractivity contribution >= 4 is 33.7 Å². The van der Waals surface area contributed by atoms with E-state index in [2.05, 4.69) is 12.2 Å². The number of hydrogen-bond acceptors (Lipinski definition) is 5. The molecular weight excluding hydrogens is 500 g/mol. The van der Waals surface area contributed by atoms with Crippen LogP contribution in [0.25, 0.3) is 6.08 Å². The highest BCUT2D eigenvalue weighted by atomic mass is 32.2. The molecule has 0 aromatic heterocycles. The van der Waals surface area contributed by atoms with Crippen molar-refractivity contribution < 1.29 is 18.0 Å². The Morgan fingerprint density at radius 2 is 1.63 bits per heavy atom. The Morgan fingerprint density at radius 1 is 1.03 bits per heavy atom. The van der Waals surface area contributed by atoms with E-state index in [0.717, 1.165) is 80.1 Å². The maximum atomic E-state index is 13.2. The maximum absolute atomic E-state index is 13.2. The molecule has 1 aromatic carbocycles. The lowest BCUT2D eigenvalue weighted by Gasteiger charge is -2.34. The number of amides is 2. The standard InChI is InChI=1S/C29H40N4O4S/c1-20-6-8-23(9-7-20)26-30-28(35)29(31-26)11-15-33(16-12-29)38(36,37)17-10-25-21(2)18-24(19-22(25)3)27(34)32-13-4-5-14-32/h10,17-20,23H,4-9,11-16H2,1-3H3,(H,30,31,35)/b17-10+. The Labute approximate surface area is 226 Å². The number of aryl methyl sites for hydroxylation is 2. The summed E-state index contributed by atoms with van der Waals surface area (Å²) in [6.07, 6.45) is 8.91. The van der Waals surface area contributed by atoms with Crippen molar-refractivity contribution in [3.8, 4) is 0 Å². The highest BCUT2D eigenvalue weighted by Crippen LogP contribution is 2.36. The fraction of sp³-hybridized carbons (Fsp3) is 0.621. The highest BCUT2D eigenvalue weighted by Gasteiger charge is 2.48. The number of sulfonamides is 1. The maximum Gasteiger partial charge on any atom is 0.253 e. The van der Waals surface area contributed by atoms with E-state index >= 15 is 0 Å². The van der Waals surface area contributed by atoms with Crippen LogP contribution in [-0.4, -0.2) is 67.0 Å². The molecule has 2 saturated heterocycles. The van der Waals surface area contributed by atoms with Crippen LogP contribution in [0, 0.1) is 25.7 Å². The number of likely N-dealkylation sites (tertiary alicyclic amines) is 1. The normalized spacial score (nSPS) is 26.2. The fourth-order valence-corrected chi connectivity index (χ4v) is 7.59. The second-order valence-corrected chi connectivity index (χ2v) is 13.5. The van der Waals surface area contributed by atoms with Gasteiger partial charge in [-0.15, -0.1) is 0 Å². The Bertz CT molecular complexity index is 1240. The van der Waals surface area contributed by atoms with Crippen LogP contribution in [0.15, 0.2) is 22.5 Å². The number of hydrogen-bond donors (Lipinski definition) is 1. The number of carbonyl (C=O) groups is 2. The molecule has 0 unspecified atom stereocenters. The SMILES string of the molecule is Cc1cc(C(=O)N2CCCC2)cc(C)c1/C=C/S(=O)(=O)N1CCC2(CC1)N=C(C1CCC(C)CC1)NC2=O. The molecule has 1 saturated carbocycles. The summed E-state index contributed by atoms with van der Waals surface area (Å²) in [4.78, 5) is 32.5. The third kappa shape index (κ3) is 5.32. The second kappa shape index (κ2) is 10.6. The van der Waals surface area contributed by atoms with Crippen LogP contribution in [-0.2, 0) is 14.8 Å². The van der Waals surface area contributed by atoms with Gasteiger partial charge in [0.05, 0.1) is 0 Å². The molecule has 3 fully saturated rings. The van der Waals surface area contributed by atoms with E-state index in [1.807, 2.05) is 30.9 Å². The molecule has 206 valence electrons. The van der Waals surface area contributed by atoms with Gasteiger partial charge < -0.3 is 10.2 Å². The molecule has 2 amide bonds. The van der Waals surface area contributed by atoms with Crippen LogP contribution in [0.4, 0.5) is 0 Å². The average molecular weight is 541 g/mol. The summed E-state index contributed by atoms with van der Waals surface area (Å²) >= 11 is 0. The van der Waals surface area contributed by atoms with Crippen molar-refractivity contribution in [2.24, 2.45) is 16.8 Å². The number of piperidine rings is 1. The summed E-state index contributed by atoms with van der Waals surface area (Å²) in [5.41, 5.74) is 2.38. The number of rotatable bonds is 5. The van der Waals surface area contributed by atoms with E-state index in [1.54, 1.807) is 6.08 Å². The van der Waals surface area contributed by atoms with Crippen LogP contribution in [0.1, 0.15) is 85.3 Å². The Morgan fingerprint density at radius 3 is 2.24 bits per heavy atom. The largest absolute Gasteiger partial charge is 0.339 e. The molecule has 1 N–H and O–H groups in total. The van der Waals surface area contributed by atoms with Crippen LogP contribution in [0.5, 0.6) is 0 Å². The van der Waals surface area contributed by atoms with Gasteiger partial charge in [-0.2, -0.15) is 4.31 Å². The summed E-state index contributed by atoms with van der Waals surface area (Å²) < 4.78 is 27.9. The van der Waals surface area contributed by atoms with Crippen molar-refractivity contribution in [1.82, 2.24) is 14.5 Å². The summed E-state index contributed by atoms with van der Waals surface area (Å²) in [7, 11) is -3.66. The minimum atomic E-state index is -3.66. The average Bonchev–Trinajstić information content (AvgIpc) is 3.53. The number of amidine groups is 1. The van der Waals surface area contributed by atoms with Crippen LogP contribution < -0.4 is 5.32 Å². The van der Waals surface area contributed by atoms with E-state index in [0.29, 0.717) is 24.3 Å². The molecular formula is C29H40N4O4S. The smallest absolute Gasteiger partial charge is 0.253 e. The molecule has 1 aromatic rings. The first-order chi connectivity index (χ1) is 18.1. The second-order valence-electron chi connectivity index (χ2n) is 11.7. The van der Waals surface area contributed by atoms with Gasteiger partial charge in [-0.1, -0.05) is 19.8 Å². The minimum Gasteiger partial charge on any atom is -0.339 e. The molecule has 1 aliphatic carbocycles. The number of nitrogens with zero attached hydrogens (tertiary/aromatic N) is 3. The van der Waals surface area contributed by atoms with Gasteiger partial charge in [-0.3, -0.25) is 14.6 Å². The van der Waals surface area contributed by atoms with Gasteiger partial charge >= 0.3 is 0 Å². The van der Waals surface area contributed by atoms with Crippen molar-refractivity contribution in [3.63, 3.8) is 0 Å². The van der Waals surface area contributed by atoms with E-state index in [1.165, 1.54) is 9.71 Å². The van der Waals surface area contributed by atoms with Crippen molar-refractivity contribution in [1.29, 1.82) is 0 Å². The summed E-state index contributed by atoms with van der Waals surface area (Å²) in [5, 5.41) is 4.30. The minimum absolute atomic E-state index is 0.0407.